The van der Waals surface area contributed by atoms with Gasteiger partial charge in [-0.3, -0.25) is 9.59 Å². The lowest BCUT2D eigenvalue weighted by molar-refractivity contribution is -0.115. The quantitative estimate of drug-likeness (QED) is 0.465. The van der Waals surface area contributed by atoms with Gasteiger partial charge >= 0.3 is 0 Å². The van der Waals surface area contributed by atoms with Gasteiger partial charge in [-0.1, -0.05) is 53.7 Å². The lowest BCUT2D eigenvalue weighted by Crippen LogP contribution is -2.23. The van der Waals surface area contributed by atoms with Crippen LogP contribution in [0.25, 0.3) is 11.3 Å². The summed E-state index contributed by atoms with van der Waals surface area (Å²) in [5, 5.41) is 3.13. The van der Waals surface area contributed by atoms with Crippen LogP contribution in [0.3, 0.4) is 0 Å². The summed E-state index contributed by atoms with van der Waals surface area (Å²) in [5.74, 6) is 0.242. The van der Waals surface area contributed by atoms with Gasteiger partial charge in [-0.05, 0) is 25.1 Å². The molecule has 0 aliphatic carbocycles. The molecule has 0 saturated heterocycles. The van der Waals surface area contributed by atoms with Crippen molar-refractivity contribution in [3.8, 4) is 17.0 Å². The summed E-state index contributed by atoms with van der Waals surface area (Å²) in [4.78, 5) is 31.7. The average molecular weight is 416 g/mol. The minimum Gasteiger partial charge on any atom is -0.495 e. The molecule has 0 unspecified atom stereocenters. The third-order valence-corrected chi connectivity index (χ3v) is 5.09. The van der Waals surface area contributed by atoms with Gasteiger partial charge in [0.25, 0.3) is 5.56 Å². The maximum atomic E-state index is 12.6. The highest BCUT2D eigenvalue weighted by molar-refractivity contribution is 8.00. The number of nitrogens with one attached hydrogen (secondary N) is 2. The summed E-state index contributed by atoms with van der Waals surface area (Å²) in [5.41, 5.74) is 1.58. The van der Waals surface area contributed by atoms with E-state index in [1.54, 1.807) is 25.1 Å². The number of H-pyrrole nitrogens is 1. The van der Waals surface area contributed by atoms with Crippen molar-refractivity contribution in [2.24, 2.45) is 0 Å². The van der Waals surface area contributed by atoms with Gasteiger partial charge < -0.3 is 15.0 Å². The zero-order valence-electron chi connectivity index (χ0n) is 15.2. The minimum absolute atomic E-state index is 0.265. The van der Waals surface area contributed by atoms with Gasteiger partial charge in [0.2, 0.25) is 5.91 Å². The summed E-state index contributed by atoms with van der Waals surface area (Å²) >= 11 is 7.16. The van der Waals surface area contributed by atoms with Gasteiger partial charge in [-0.25, -0.2) is 4.98 Å². The number of hydrogen-bond acceptors (Lipinski definition) is 5. The van der Waals surface area contributed by atoms with E-state index in [0.717, 1.165) is 17.3 Å². The van der Waals surface area contributed by atoms with Crippen molar-refractivity contribution in [2.75, 3.05) is 12.4 Å². The molecule has 0 aliphatic heterocycles. The molecule has 0 aliphatic rings. The van der Waals surface area contributed by atoms with Gasteiger partial charge in [0.1, 0.15) is 5.75 Å². The largest absolute Gasteiger partial charge is 0.495 e. The number of hydrogen-bond donors (Lipinski definition) is 2. The van der Waals surface area contributed by atoms with E-state index in [0.29, 0.717) is 27.3 Å². The third kappa shape index (κ3) is 4.94. The van der Waals surface area contributed by atoms with Crippen LogP contribution >= 0.6 is 23.4 Å². The molecule has 3 aromatic rings. The molecular weight excluding hydrogens is 398 g/mol. The lowest BCUT2D eigenvalue weighted by Gasteiger charge is -2.14. The normalized spacial score (nSPS) is 11.7. The Morgan fingerprint density at radius 1 is 1.21 bits per heavy atom. The zero-order chi connectivity index (χ0) is 20.1. The molecule has 2 N–H and O–H groups in total. The van der Waals surface area contributed by atoms with Crippen LogP contribution in [0.15, 0.2) is 64.5 Å². The van der Waals surface area contributed by atoms with Crippen LogP contribution in [0.1, 0.15) is 6.92 Å². The van der Waals surface area contributed by atoms with Crippen LogP contribution in [0.5, 0.6) is 5.75 Å². The number of carbonyl (C=O) groups is 1. The molecule has 2 aromatic carbocycles. The van der Waals surface area contributed by atoms with Crippen LogP contribution in [0.4, 0.5) is 5.69 Å². The second-order valence-electron chi connectivity index (χ2n) is 5.90. The van der Waals surface area contributed by atoms with Crippen molar-refractivity contribution < 1.29 is 9.53 Å². The van der Waals surface area contributed by atoms with E-state index >= 15 is 0 Å². The predicted molar refractivity (Wildman–Crippen MR) is 112 cm³/mol. The second kappa shape index (κ2) is 8.95. The van der Waals surface area contributed by atoms with Crippen molar-refractivity contribution in [1.82, 2.24) is 9.97 Å². The number of amides is 1. The molecule has 3 rings (SSSR count). The Balaban J connectivity index is 1.77. The highest BCUT2D eigenvalue weighted by Crippen LogP contribution is 2.29. The summed E-state index contributed by atoms with van der Waals surface area (Å²) in [7, 11) is 1.51. The number of halogens is 1. The van der Waals surface area contributed by atoms with Crippen LogP contribution in [-0.2, 0) is 4.79 Å². The van der Waals surface area contributed by atoms with E-state index in [1.165, 1.54) is 13.2 Å². The Hall–Kier alpha value is -2.77. The van der Waals surface area contributed by atoms with E-state index in [-0.39, 0.29) is 11.5 Å². The molecule has 144 valence electrons. The average Bonchev–Trinajstić information content (AvgIpc) is 2.68. The summed E-state index contributed by atoms with van der Waals surface area (Å²) < 4.78 is 5.24. The monoisotopic (exact) mass is 415 g/mol. The first-order chi connectivity index (χ1) is 13.5. The summed E-state index contributed by atoms with van der Waals surface area (Å²) in [6, 6.07) is 15.8. The highest BCUT2D eigenvalue weighted by Gasteiger charge is 2.18. The zero-order valence-corrected chi connectivity index (χ0v) is 16.8. The molecular formula is C20H18ClN3O3S. The number of aromatic amines is 1. The maximum absolute atomic E-state index is 12.6. The maximum Gasteiger partial charge on any atom is 0.252 e. The molecule has 1 atom stereocenters. The highest BCUT2D eigenvalue weighted by atomic mass is 35.5. The van der Waals surface area contributed by atoms with Crippen molar-refractivity contribution in [3.05, 3.63) is 70.0 Å². The van der Waals surface area contributed by atoms with Gasteiger partial charge in [0.05, 0.1) is 23.7 Å². The second-order valence-corrected chi connectivity index (χ2v) is 7.66. The molecule has 1 amide bonds. The number of methoxy groups -OCH3 is 1. The molecule has 8 heteroatoms. The van der Waals surface area contributed by atoms with Gasteiger partial charge in [-0.15, -0.1) is 0 Å². The van der Waals surface area contributed by atoms with Crippen LogP contribution < -0.4 is 15.6 Å². The Morgan fingerprint density at radius 3 is 2.68 bits per heavy atom. The van der Waals surface area contributed by atoms with Gasteiger partial charge in [-0.2, -0.15) is 0 Å². The first-order valence-corrected chi connectivity index (χ1v) is 9.70. The Kier molecular flexibility index (Phi) is 6.38. The van der Waals surface area contributed by atoms with Crippen LogP contribution in [-0.4, -0.2) is 28.2 Å². The number of aromatic nitrogens is 2. The number of anilines is 1. The standard InChI is InChI=1S/C20H18ClN3O3S/c1-12(19(26)22-16-10-14(21)8-9-17(16)27-2)28-20-23-15(11-18(25)24-20)13-6-4-3-5-7-13/h3-12H,1-2H3,(H,22,26)(H,23,24,25)/t12-/m1/s1. The first-order valence-electron chi connectivity index (χ1n) is 8.44. The van der Waals surface area contributed by atoms with E-state index in [9.17, 15) is 9.59 Å². The number of nitrogens with zero attached hydrogens (tertiary/aromatic N) is 1. The van der Waals surface area contributed by atoms with E-state index in [2.05, 4.69) is 15.3 Å². The molecule has 0 bridgehead atoms. The fourth-order valence-electron chi connectivity index (χ4n) is 2.48. The van der Waals surface area contributed by atoms with Gasteiger partial charge in [0, 0.05) is 16.7 Å². The van der Waals surface area contributed by atoms with Gasteiger partial charge in [0.15, 0.2) is 5.16 Å². The predicted octanol–water partition coefficient (Wildman–Crippen LogP) is 4.22. The topological polar surface area (TPSA) is 84.1 Å². The summed E-state index contributed by atoms with van der Waals surface area (Å²) in [6.45, 7) is 1.73. The Morgan fingerprint density at radius 2 is 1.96 bits per heavy atom. The number of ether oxygens (including phenoxy) is 1. The molecule has 6 nitrogen and oxygen atoms in total. The molecule has 0 saturated carbocycles. The number of thioether (sulfide) groups is 1. The molecule has 1 heterocycles. The smallest absolute Gasteiger partial charge is 0.252 e. The SMILES string of the molecule is COc1ccc(Cl)cc1NC(=O)[C@@H](C)Sc1nc(-c2ccccc2)cc(=O)[nH]1. The fraction of sp³-hybridized carbons (Fsp3) is 0.150. The van der Waals surface area contributed by atoms with E-state index in [4.69, 9.17) is 16.3 Å². The molecule has 0 radical (unpaired) electrons. The van der Waals surface area contributed by atoms with E-state index < -0.39 is 5.25 Å². The summed E-state index contributed by atoms with van der Waals surface area (Å²) in [6.07, 6.45) is 0. The minimum atomic E-state index is -0.516. The lowest BCUT2D eigenvalue weighted by atomic mass is 10.1. The van der Waals surface area contributed by atoms with Crippen molar-refractivity contribution >= 4 is 35.0 Å². The number of benzene rings is 2. The van der Waals surface area contributed by atoms with Crippen LogP contribution in [0, 0.1) is 0 Å². The molecule has 28 heavy (non-hydrogen) atoms. The third-order valence-electron chi connectivity index (χ3n) is 3.87. The fourth-order valence-corrected chi connectivity index (χ4v) is 3.46. The molecule has 0 fully saturated rings. The van der Waals surface area contributed by atoms with E-state index in [1.807, 2.05) is 30.3 Å². The van der Waals surface area contributed by atoms with Crippen LogP contribution in [0.2, 0.25) is 5.02 Å². The number of carbonyl (C=O) groups excluding carboxylic acids is 1. The van der Waals surface area contributed by atoms with Crippen molar-refractivity contribution in [2.45, 2.75) is 17.3 Å². The Bertz CT molecular complexity index is 1040. The molecule has 0 spiro atoms. The first kappa shape index (κ1) is 20.0. The van der Waals surface area contributed by atoms with Crippen molar-refractivity contribution in [3.63, 3.8) is 0 Å². The number of rotatable bonds is 6. The van der Waals surface area contributed by atoms with Crippen molar-refractivity contribution in [1.29, 1.82) is 0 Å². The Labute approximate surface area is 171 Å². The molecule has 1 aromatic heterocycles.